The van der Waals surface area contributed by atoms with Gasteiger partial charge in [-0.1, -0.05) is 36.4 Å². The largest absolute Gasteiger partial charge is 0.397 e. The maximum atomic E-state index is 12.5. The van der Waals surface area contributed by atoms with Crippen molar-refractivity contribution < 1.29 is 5.11 Å². The van der Waals surface area contributed by atoms with Gasteiger partial charge in [0.25, 0.3) is 5.56 Å². The average molecular weight is 361 g/mol. The molecule has 0 aliphatic heterocycles. The van der Waals surface area contributed by atoms with Crippen LogP contribution in [0.1, 0.15) is 11.7 Å². The number of anilines is 2. The van der Waals surface area contributed by atoms with Crippen molar-refractivity contribution in [1.82, 2.24) is 15.0 Å². The number of aliphatic hydroxyl groups is 1. The van der Waals surface area contributed by atoms with Crippen LogP contribution in [0.15, 0.2) is 65.6 Å². The van der Waals surface area contributed by atoms with Crippen molar-refractivity contribution in [3.05, 3.63) is 76.7 Å². The molecule has 0 fully saturated rings. The molecule has 4 aromatic rings. The summed E-state index contributed by atoms with van der Waals surface area (Å²) in [5.41, 5.74) is 9.37. The summed E-state index contributed by atoms with van der Waals surface area (Å²) in [7, 11) is 0. The number of nitrogen functional groups attached to an aromatic ring is 1. The highest BCUT2D eigenvalue weighted by Gasteiger charge is 2.16. The number of para-hydroxylation sites is 1. The van der Waals surface area contributed by atoms with Crippen molar-refractivity contribution in [2.24, 2.45) is 0 Å². The molecule has 27 heavy (non-hydrogen) atoms. The zero-order valence-corrected chi connectivity index (χ0v) is 14.4. The summed E-state index contributed by atoms with van der Waals surface area (Å²) in [6.45, 7) is 0.253. The second-order valence-corrected chi connectivity index (χ2v) is 6.23. The first kappa shape index (κ1) is 16.9. The second-order valence-electron chi connectivity index (χ2n) is 6.23. The lowest BCUT2D eigenvalue weighted by molar-refractivity contribution is 0.191. The van der Waals surface area contributed by atoms with Gasteiger partial charge in [-0.25, -0.2) is 4.98 Å². The number of aromatic nitrogens is 3. The van der Waals surface area contributed by atoms with Crippen LogP contribution < -0.4 is 16.6 Å². The molecule has 7 heteroatoms. The molecule has 0 aliphatic rings. The van der Waals surface area contributed by atoms with Crippen molar-refractivity contribution in [2.75, 3.05) is 17.6 Å². The number of rotatable bonds is 5. The first-order valence-electron chi connectivity index (χ1n) is 8.56. The molecule has 4 rings (SSSR count). The molecule has 136 valence electrons. The van der Waals surface area contributed by atoms with E-state index in [0.717, 1.165) is 5.56 Å². The Kier molecular flexibility index (Phi) is 4.35. The van der Waals surface area contributed by atoms with E-state index < -0.39 is 6.10 Å². The van der Waals surface area contributed by atoms with E-state index in [-0.39, 0.29) is 12.1 Å². The van der Waals surface area contributed by atoms with Gasteiger partial charge in [0.15, 0.2) is 0 Å². The van der Waals surface area contributed by atoms with Gasteiger partial charge in [0.2, 0.25) is 0 Å². The summed E-state index contributed by atoms with van der Waals surface area (Å²) in [6, 6.07) is 16.5. The van der Waals surface area contributed by atoms with Crippen molar-refractivity contribution in [2.45, 2.75) is 6.10 Å². The highest BCUT2D eigenvalue weighted by atomic mass is 16.3. The number of imidazole rings is 1. The standard InChI is InChI=1S/C20H19N5O2/c21-13-7-4-8-15-18(13)25-19(24-15)17-14(9-10-22-20(17)27)23-11-16(26)12-5-2-1-3-6-12/h1-10,16,26H,11,21H2,(H,24,25)(H2,22,23,27)/t16-/m0/s1. The Morgan fingerprint density at radius 2 is 1.93 bits per heavy atom. The monoisotopic (exact) mass is 361 g/mol. The topological polar surface area (TPSA) is 120 Å². The molecular weight excluding hydrogens is 342 g/mol. The fourth-order valence-corrected chi connectivity index (χ4v) is 3.03. The highest BCUT2D eigenvalue weighted by Crippen LogP contribution is 2.27. The number of hydrogen-bond acceptors (Lipinski definition) is 5. The molecule has 2 aromatic carbocycles. The lowest BCUT2D eigenvalue weighted by Gasteiger charge is -2.14. The molecule has 2 aromatic heterocycles. The quantitative estimate of drug-likeness (QED) is 0.350. The van der Waals surface area contributed by atoms with Gasteiger partial charge in [-0.2, -0.15) is 0 Å². The molecule has 0 spiro atoms. The number of nitrogens with zero attached hydrogens (tertiary/aromatic N) is 1. The maximum Gasteiger partial charge on any atom is 0.261 e. The van der Waals surface area contributed by atoms with E-state index in [4.69, 9.17) is 5.73 Å². The third kappa shape index (κ3) is 3.28. The Balaban J connectivity index is 1.67. The lowest BCUT2D eigenvalue weighted by Crippen LogP contribution is -2.17. The van der Waals surface area contributed by atoms with Crippen LogP contribution in [-0.2, 0) is 0 Å². The van der Waals surface area contributed by atoms with Gasteiger partial charge in [-0.3, -0.25) is 4.79 Å². The van der Waals surface area contributed by atoms with E-state index in [1.54, 1.807) is 18.3 Å². The van der Waals surface area contributed by atoms with Gasteiger partial charge in [0.05, 0.1) is 28.5 Å². The van der Waals surface area contributed by atoms with E-state index in [1.807, 2.05) is 42.5 Å². The number of nitrogens with one attached hydrogen (secondary N) is 3. The molecule has 0 aliphatic carbocycles. The second kappa shape index (κ2) is 6.97. The minimum Gasteiger partial charge on any atom is -0.397 e. The van der Waals surface area contributed by atoms with Gasteiger partial charge >= 0.3 is 0 Å². The minimum atomic E-state index is -0.704. The number of hydrogen-bond donors (Lipinski definition) is 5. The van der Waals surface area contributed by atoms with Crippen LogP contribution in [-0.4, -0.2) is 26.6 Å². The number of H-pyrrole nitrogens is 2. The first-order valence-corrected chi connectivity index (χ1v) is 8.56. The maximum absolute atomic E-state index is 12.5. The van der Waals surface area contributed by atoms with Crippen LogP contribution in [0.25, 0.3) is 22.4 Å². The fourth-order valence-electron chi connectivity index (χ4n) is 3.03. The minimum absolute atomic E-state index is 0.253. The van der Waals surface area contributed by atoms with E-state index >= 15 is 0 Å². The van der Waals surface area contributed by atoms with E-state index in [2.05, 4.69) is 20.3 Å². The average Bonchev–Trinajstić information content (AvgIpc) is 3.12. The predicted molar refractivity (Wildman–Crippen MR) is 106 cm³/mol. The molecular formula is C20H19N5O2. The third-order valence-corrected chi connectivity index (χ3v) is 4.42. The van der Waals surface area contributed by atoms with Crippen molar-refractivity contribution in [3.8, 4) is 11.4 Å². The molecule has 0 radical (unpaired) electrons. The summed E-state index contributed by atoms with van der Waals surface area (Å²) in [5, 5.41) is 13.5. The summed E-state index contributed by atoms with van der Waals surface area (Å²) >= 11 is 0. The van der Waals surface area contributed by atoms with Crippen LogP contribution in [0.4, 0.5) is 11.4 Å². The number of aromatic amines is 2. The Hall–Kier alpha value is -3.58. The summed E-state index contributed by atoms with van der Waals surface area (Å²) in [5.74, 6) is 0.418. The van der Waals surface area contributed by atoms with Gasteiger partial charge in [-0.05, 0) is 23.8 Å². The van der Waals surface area contributed by atoms with Gasteiger partial charge < -0.3 is 26.1 Å². The first-order chi connectivity index (χ1) is 13.1. The number of pyridine rings is 1. The van der Waals surface area contributed by atoms with Crippen LogP contribution in [0.2, 0.25) is 0 Å². The molecule has 2 heterocycles. The molecule has 0 amide bonds. The number of nitrogens with two attached hydrogens (primary N) is 1. The molecule has 0 saturated carbocycles. The Morgan fingerprint density at radius 1 is 1.11 bits per heavy atom. The van der Waals surface area contributed by atoms with Crippen LogP contribution >= 0.6 is 0 Å². The van der Waals surface area contributed by atoms with E-state index in [0.29, 0.717) is 33.8 Å². The van der Waals surface area contributed by atoms with Crippen LogP contribution in [0.5, 0.6) is 0 Å². The van der Waals surface area contributed by atoms with Crippen molar-refractivity contribution >= 4 is 22.4 Å². The smallest absolute Gasteiger partial charge is 0.261 e. The third-order valence-electron chi connectivity index (χ3n) is 4.42. The van der Waals surface area contributed by atoms with Crippen LogP contribution in [0.3, 0.4) is 0 Å². The zero-order valence-electron chi connectivity index (χ0n) is 14.4. The molecule has 0 unspecified atom stereocenters. The Morgan fingerprint density at radius 3 is 2.70 bits per heavy atom. The summed E-state index contributed by atoms with van der Waals surface area (Å²) in [6.07, 6.45) is 0.852. The van der Waals surface area contributed by atoms with Gasteiger partial charge in [-0.15, -0.1) is 0 Å². The lowest BCUT2D eigenvalue weighted by atomic mass is 10.1. The summed E-state index contributed by atoms with van der Waals surface area (Å²) in [4.78, 5) is 22.7. The number of fused-ring (bicyclic) bond motifs is 1. The van der Waals surface area contributed by atoms with E-state index in [9.17, 15) is 9.90 Å². The zero-order chi connectivity index (χ0) is 18.8. The Labute approximate surface area is 154 Å². The van der Waals surface area contributed by atoms with E-state index in [1.165, 1.54) is 0 Å². The Bertz CT molecular complexity index is 1130. The highest BCUT2D eigenvalue weighted by molar-refractivity contribution is 5.90. The number of benzene rings is 2. The summed E-state index contributed by atoms with van der Waals surface area (Å²) < 4.78 is 0. The SMILES string of the molecule is Nc1cccc2nc(-c3c(NC[C@H](O)c4ccccc4)cc[nH]c3=O)[nH]c12. The van der Waals surface area contributed by atoms with Crippen molar-refractivity contribution in [3.63, 3.8) is 0 Å². The van der Waals surface area contributed by atoms with Gasteiger partial charge in [0.1, 0.15) is 11.4 Å². The predicted octanol–water partition coefficient (Wildman–Crippen LogP) is 2.65. The van der Waals surface area contributed by atoms with Crippen molar-refractivity contribution in [1.29, 1.82) is 0 Å². The normalized spacial score (nSPS) is 12.2. The molecule has 0 saturated heterocycles. The molecule has 7 nitrogen and oxygen atoms in total. The molecule has 6 N–H and O–H groups in total. The number of aliphatic hydroxyl groups excluding tert-OH is 1. The molecule has 1 atom stereocenters. The molecule has 0 bridgehead atoms. The van der Waals surface area contributed by atoms with Crippen LogP contribution in [0, 0.1) is 0 Å². The van der Waals surface area contributed by atoms with Gasteiger partial charge in [0, 0.05) is 12.7 Å². The fraction of sp³-hybridized carbons (Fsp3) is 0.100.